The maximum Gasteiger partial charge on any atom is 0.433 e. The summed E-state index contributed by atoms with van der Waals surface area (Å²) in [6.45, 7) is 3.20. The average Bonchev–Trinajstić information content (AvgIpc) is 3.28. The van der Waals surface area contributed by atoms with Crippen LogP contribution in [0.1, 0.15) is 31.2 Å². The number of hydrogen-bond donors (Lipinski definition) is 1. The molecule has 186 valence electrons. The summed E-state index contributed by atoms with van der Waals surface area (Å²) in [5, 5.41) is 2.46. The first-order chi connectivity index (χ1) is 16.7. The molecule has 1 aliphatic heterocycles. The molecule has 2 aromatic heterocycles. The van der Waals surface area contributed by atoms with Gasteiger partial charge in [-0.15, -0.1) is 0 Å². The van der Waals surface area contributed by atoms with Gasteiger partial charge in [-0.25, -0.2) is 12.9 Å². The Balaban J connectivity index is 0.000000203. The number of hydrogen-bond acceptors (Lipinski definition) is 4. The van der Waals surface area contributed by atoms with Gasteiger partial charge in [0.05, 0.1) is 17.1 Å². The average molecular weight is 509 g/mol. The van der Waals surface area contributed by atoms with E-state index >= 15 is 0 Å². The smallest absolute Gasteiger partial charge is 0.353 e. The number of halogens is 4. The minimum absolute atomic E-state index is 0.255. The first-order valence-corrected chi connectivity index (χ1v) is 11.9. The van der Waals surface area contributed by atoms with Crippen LogP contribution in [0, 0.1) is 5.82 Å². The van der Waals surface area contributed by atoms with Gasteiger partial charge in [0.1, 0.15) is 22.5 Å². The third kappa shape index (κ3) is 7.40. The first-order valence-electron chi connectivity index (χ1n) is 10.8. The van der Waals surface area contributed by atoms with Crippen molar-refractivity contribution in [2.45, 2.75) is 43.4 Å². The number of amides is 1. The van der Waals surface area contributed by atoms with E-state index in [1.807, 2.05) is 4.31 Å². The van der Waals surface area contributed by atoms with Crippen LogP contribution >= 0.6 is 0 Å². The maximum absolute atomic E-state index is 12.7. The molecule has 0 spiro atoms. The van der Waals surface area contributed by atoms with Gasteiger partial charge in [0, 0.05) is 30.5 Å². The minimum Gasteiger partial charge on any atom is -0.353 e. The normalized spacial score (nSPS) is 16.8. The predicted molar refractivity (Wildman–Crippen MR) is 124 cm³/mol. The van der Waals surface area contributed by atoms with Crippen molar-refractivity contribution in [1.82, 2.24) is 19.6 Å². The van der Waals surface area contributed by atoms with Crippen molar-refractivity contribution in [3.05, 3.63) is 78.1 Å². The van der Waals surface area contributed by atoms with Gasteiger partial charge in [-0.05, 0) is 67.8 Å². The molecule has 35 heavy (non-hydrogen) atoms. The van der Waals surface area contributed by atoms with Crippen molar-refractivity contribution in [1.29, 1.82) is 0 Å². The van der Waals surface area contributed by atoms with E-state index < -0.39 is 22.9 Å². The van der Waals surface area contributed by atoms with Crippen molar-refractivity contribution in [2.75, 3.05) is 6.54 Å². The second-order valence-electron chi connectivity index (χ2n) is 7.80. The summed E-state index contributed by atoms with van der Waals surface area (Å²) >= 11 is 0. The molecule has 2 atom stereocenters. The molecule has 1 aromatic carbocycles. The van der Waals surface area contributed by atoms with E-state index in [4.69, 9.17) is 0 Å². The van der Waals surface area contributed by atoms with E-state index in [2.05, 4.69) is 22.2 Å². The number of rotatable bonds is 6. The Kier molecular flexibility index (Phi) is 9.05. The molecule has 1 aliphatic rings. The number of nitrogens with one attached hydrogen (secondary N) is 1. The Hall–Kier alpha value is -3.18. The molecule has 1 amide bonds. The molecule has 6 nitrogen and oxygen atoms in total. The lowest BCUT2D eigenvalue weighted by Gasteiger charge is -2.19. The summed E-state index contributed by atoms with van der Waals surface area (Å²) in [6.07, 6.45) is 0.967. The highest BCUT2D eigenvalue weighted by Gasteiger charge is 2.32. The second kappa shape index (κ2) is 12.0. The zero-order valence-corrected chi connectivity index (χ0v) is 19.7. The summed E-state index contributed by atoms with van der Waals surface area (Å²) in [7, 11) is -1.13. The Morgan fingerprint density at radius 3 is 2.43 bits per heavy atom. The fraction of sp³-hybridized carbons (Fsp3) is 0.292. The van der Waals surface area contributed by atoms with Gasteiger partial charge in [-0.2, -0.15) is 13.2 Å². The van der Waals surface area contributed by atoms with Crippen LogP contribution in [0.4, 0.5) is 17.6 Å². The highest BCUT2D eigenvalue weighted by molar-refractivity contribution is 7.82. The third-order valence-electron chi connectivity index (χ3n) is 5.29. The molecule has 0 aliphatic carbocycles. The zero-order valence-electron chi connectivity index (χ0n) is 18.8. The van der Waals surface area contributed by atoms with Gasteiger partial charge in [0.15, 0.2) is 0 Å². The highest BCUT2D eigenvalue weighted by Crippen LogP contribution is 2.29. The van der Waals surface area contributed by atoms with Gasteiger partial charge in [-0.3, -0.25) is 14.8 Å². The Bertz CT molecular complexity index is 1140. The predicted octanol–water partition coefficient (Wildman–Crippen LogP) is 4.74. The fourth-order valence-electron chi connectivity index (χ4n) is 3.47. The van der Waals surface area contributed by atoms with Crippen LogP contribution in [0.2, 0.25) is 0 Å². The molecular formula is C24H24F4N4O2S. The van der Waals surface area contributed by atoms with E-state index in [9.17, 15) is 26.6 Å². The van der Waals surface area contributed by atoms with Crippen LogP contribution in [0.3, 0.4) is 0 Å². The fourth-order valence-corrected chi connectivity index (χ4v) is 4.84. The highest BCUT2D eigenvalue weighted by atomic mass is 32.2. The second-order valence-corrected chi connectivity index (χ2v) is 9.24. The molecule has 0 radical (unpaired) electrons. The monoisotopic (exact) mass is 508 g/mol. The Morgan fingerprint density at radius 1 is 1.11 bits per heavy atom. The minimum atomic E-state index is -4.45. The summed E-state index contributed by atoms with van der Waals surface area (Å²) in [4.78, 5) is 18.3. The maximum atomic E-state index is 12.7. The zero-order chi connectivity index (χ0) is 25.4. The van der Waals surface area contributed by atoms with Crippen LogP contribution in [0.25, 0.3) is 11.1 Å². The molecule has 4 rings (SSSR count). The lowest BCUT2D eigenvalue weighted by molar-refractivity contribution is -0.141. The van der Waals surface area contributed by atoms with Crippen molar-refractivity contribution in [3.8, 4) is 11.1 Å². The SMILES string of the molecule is CC1CCCN1S(=O)c1ccc(F)cc1.O=CNCc1cc(-c2ccc(C(F)(F)F)nc2)ccn1. The summed E-state index contributed by atoms with van der Waals surface area (Å²) < 4.78 is 64.0. The number of benzene rings is 1. The van der Waals surface area contributed by atoms with Crippen LogP contribution in [-0.2, 0) is 28.5 Å². The quantitative estimate of drug-likeness (QED) is 0.386. The number of carbonyl (C=O) groups excluding carboxylic acids is 1. The van der Waals surface area contributed by atoms with E-state index in [1.165, 1.54) is 24.4 Å². The largest absolute Gasteiger partial charge is 0.433 e. The summed E-state index contributed by atoms with van der Waals surface area (Å²) in [5.74, 6) is -0.287. The number of pyridine rings is 2. The molecule has 0 saturated carbocycles. The van der Waals surface area contributed by atoms with Gasteiger partial charge >= 0.3 is 6.18 Å². The van der Waals surface area contributed by atoms with Gasteiger partial charge in [0.2, 0.25) is 6.41 Å². The molecule has 1 saturated heterocycles. The lowest BCUT2D eigenvalue weighted by Crippen LogP contribution is -2.28. The van der Waals surface area contributed by atoms with E-state index in [0.717, 1.165) is 31.6 Å². The van der Waals surface area contributed by atoms with Crippen LogP contribution < -0.4 is 5.32 Å². The summed E-state index contributed by atoms with van der Waals surface area (Å²) in [5.41, 5.74) is 0.907. The molecule has 1 fully saturated rings. The lowest BCUT2D eigenvalue weighted by atomic mass is 10.1. The topological polar surface area (TPSA) is 75.2 Å². The van der Waals surface area contributed by atoms with E-state index in [-0.39, 0.29) is 12.4 Å². The van der Waals surface area contributed by atoms with Crippen LogP contribution in [-0.4, -0.2) is 37.5 Å². The molecule has 1 N–H and O–H groups in total. The van der Waals surface area contributed by atoms with E-state index in [0.29, 0.717) is 34.2 Å². The molecule has 11 heteroatoms. The van der Waals surface area contributed by atoms with Gasteiger partial charge in [-0.1, -0.05) is 6.07 Å². The van der Waals surface area contributed by atoms with E-state index in [1.54, 1.807) is 24.3 Å². The standard InChI is InChI=1S/C13H10F3N3O.C11H14FNOS/c14-13(15,16)12-2-1-10(6-19-12)9-3-4-18-11(5-9)7-17-8-20;1-9-3-2-8-13(9)15(14)11-6-4-10(12)5-7-11/h1-6,8H,7H2,(H,17,20);4-7,9H,2-3,8H2,1H3. The molecular weight excluding hydrogens is 484 g/mol. The Labute approximate surface area is 203 Å². The van der Waals surface area contributed by atoms with Gasteiger partial charge < -0.3 is 5.32 Å². The Morgan fingerprint density at radius 2 is 1.86 bits per heavy atom. The van der Waals surface area contributed by atoms with Crippen molar-refractivity contribution in [3.63, 3.8) is 0 Å². The number of nitrogens with zero attached hydrogens (tertiary/aromatic N) is 3. The number of aromatic nitrogens is 2. The molecule has 3 aromatic rings. The third-order valence-corrected chi connectivity index (χ3v) is 6.93. The van der Waals surface area contributed by atoms with Crippen molar-refractivity contribution in [2.24, 2.45) is 0 Å². The number of alkyl halides is 3. The van der Waals surface area contributed by atoms with Gasteiger partial charge in [0.25, 0.3) is 0 Å². The molecule has 0 bridgehead atoms. The number of carbonyl (C=O) groups is 1. The van der Waals surface area contributed by atoms with Crippen molar-refractivity contribution >= 4 is 17.4 Å². The summed E-state index contributed by atoms with van der Waals surface area (Å²) in [6, 6.07) is 11.9. The molecule has 3 heterocycles. The molecule has 2 unspecified atom stereocenters. The van der Waals surface area contributed by atoms with Crippen molar-refractivity contribution < 1.29 is 26.6 Å². The first kappa shape index (κ1) is 26.4. The van der Waals surface area contributed by atoms with Crippen LogP contribution in [0.5, 0.6) is 0 Å². The van der Waals surface area contributed by atoms with Crippen LogP contribution in [0.15, 0.2) is 65.8 Å².